The number of hydrogen-bond acceptors (Lipinski definition) is 5. The van der Waals surface area contributed by atoms with E-state index in [0.717, 1.165) is 12.8 Å². The molecule has 1 heterocycles. The van der Waals surface area contributed by atoms with Crippen molar-refractivity contribution in [3.63, 3.8) is 0 Å². The largest absolute Gasteiger partial charge is 0.383 e. The summed E-state index contributed by atoms with van der Waals surface area (Å²) in [5.74, 6) is 0.201. The van der Waals surface area contributed by atoms with E-state index < -0.39 is 11.2 Å². The van der Waals surface area contributed by atoms with E-state index in [0.29, 0.717) is 13.1 Å². The molecule has 0 spiro atoms. The summed E-state index contributed by atoms with van der Waals surface area (Å²) in [5, 5.41) is 3.08. The van der Waals surface area contributed by atoms with Gasteiger partial charge in [0.2, 0.25) is 0 Å². The van der Waals surface area contributed by atoms with Gasteiger partial charge in [0.25, 0.3) is 5.56 Å². The van der Waals surface area contributed by atoms with Gasteiger partial charge in [-0.1, -0.05) is 13.3 Å². The number of hydrogen-bond donors (Lipinski definition) is 3. The van der Waals surface area contributed by atoms with Crippen molar-refractivity contribution in [2.24, 2.45) is 0 Å². The topological polar surface area (TPSA) is 96.2 Å². The molecule has 1 rings (SSSR count). The lowest BCUT2D eigenvalue weighted by atomic mass is 10.0. The van der Waals surface area contributed by atoms with E-state index in [1.807, 2.05) is 21.0 Å². The van der Waals surface area contributed by atoms with E-state index in [2.05, 4.69) is 29.0 Å². The predicted molar refractivity (Wildman–Crippen MR) is 86.9 cm³/mol. The molecular weight excluding hydrogens is 270 g/mol. The Hall–Kier alpha value is -1.76. The van der Waals surface area contributed by atoms with Crippen LogP contribution in [0.4, 0.5) is 11.5 Å². The lowest BCUT2D eigenvalue weighted by Gasteiger charge is -2.33. The van der Waals surface area contributed by atoms with Crippen molar-refractivity contribution in [2.75, 3.05) is 31.7 Å². The van der Waals surface area contributed by atoms with Crippen LogP contribution in [0.1, 0.15) is 33.6 Å². The van der Waals surface area contributed by atoms with Crippen LogP contribution in [0.5, 0.6) is 0 Å². The second kappa shape index (κ2) is 6.80. The maximum absolute atomic E-state index is 11.9. The van der Waals surface area contributed by atoms with E-state index in [1.165, 1.54) is 4.57 Å². The fourth-order valence-electron chi connectivity index (χ4n) is 1.76. The van der Waals surface area contributed by atoms with Crippen molar-refractivity contribution in [1.29, 1.82) is 0 Å². The normalized spacial score (nSPS) is 11.9. The lowest BCUT2D eigenvalue weighted by Crippen LogP contribution is -2.45. The summed E-state index contributed by atoms with van der Waals surface area (Å²) in [5.41, 5.74) is 5.19. The van der Waals surface area contributed by atoms with Crippen LogP contribution < -0.4 is 22.3 Å². The molecule has 4 N–H and O–H groups in total. The molecule has 0 fully saturated rings. The molecule has 120 valence electrons. The molecular formula is C14H27N5O2. The van der Waals surface area contributed by atoms with E-state index in [1.54, 1.807) is 0 Å². The summed E-state index contributed by atoms with van der Waals surface area (Å²) >= 11 is 0. The molecule has 0 radical (unpaired) electrons. The zero-order valence-corrected chi connectivity index (χ0v) is 13.6. The Morgan fingerprint density at radius 1 is 1.33 bits per heavy atom. The Morgan fingerprint density at radius 2 is 1.95 bits per heavy atom. The summed E-state index contributed by atoms with van der Waals surface area (Å²) in [6.07, 6.45) is 1.78. The van der Waals surface area contributed by atoms with Crippen LogP contribution >= 0.6 is 0 Å². The number of aromatic amines is 1. The monoisotopic (exact) mass is 297 g/mol. The third kappa shape index (κ3) is 4.10. The van der Waals surface area contributed by atoms with Gasteiger partial charge in [0.15, 0.2) is 0 Å². The molecule has 0 amide bonds. The molecule has 0 bridgehead atoms. The first-order valence-electron chi connectivity index (χ1n) is 7.24. The minimum Gasteiger partial charge on any atom is -0.383 e. The highest BCUT2D eigenvalue weighted by Gasteiger charge is 2.21. The van der Waals surface area contributed by atoms with Crippen molar-refractivity contribution < 1.29 is 0 Å². The summed E-state index contributed by atoms with van der Waals surface area (Å²) < 4.78 is 1.41. The number of nitrogens with one attached hydrogen (secondary N) is 2. The Bertz CT molecular complexity index is 586. The Morgan fingerprint density at radius 3 is 2.48 bits per heavy atom. The molecule has 0 aromatic carbocycles. The van der Waals surface area contributed by atoms with Gasteiger partial charge in [-0.2, -0.15) is 0 Å². The zero-order valence-electron chi connectivity index (χ0n) is 13.6. The number of anilines is 2. The Kier molecular flexibility index (Phi) is 5.60. The van der Waals surface area contributed by atoms with Crippen LogP contribution in [0.15, 0.2) is 9.59 Å². The second-order valence-corrected chi connectivity index (χ2v) is 6.09. The first-order valence-corrected chi connectivity index (χ1v) is 7.24. The van der Waals surface area contributed by atoms with E-state index in [4.69, 9.17) is 5.73 Å². The maximum Gasteiger partial charge on any atom is 0.330 e. The van der Waals surface area contributed by atoms with Crippen LogP contribution in [0.2, 0.25) is 0 Å². The number of rotatable bonds is 7. The lowest BCUT2D eigenvalue weighted by molar-refractivity contribution is 0.210. The molecule has 0 aliphatic carbocycles. The molecule has 7 heteroatoms. The maximum atomic E-state index is 11.9. The van der Waals surface area contributed by atoms with Crippen molar-refractivity contribution in [3.05, 3.63) is 20.8 Å². The van der Waals surface area contributed by atoms with Gasteiger partial charge in [-0.05, 0) is 34.4 Å². The second-order valence-electron chi connectivity index (χ2n) is 6.09. The van der Waals surface area contributed by atoms with Crippen molar-refractivity contribution >= 4 is 11.5 Å². The molecule has 0 unspecified atom stereocenters. The van der Waals surface area contributed by atoms with Gasteiger partial charge in [0.1, 0.15) is 11.5 Å². The van der Waals surface area contributed by atoms with Crippen LogP contribution in [-0.2, 0) is 6.54 Å². The Balaban J connectivity index is 3.08. The van der Waals surface area contributed by atoms with Gasteiger partial charge < -0.3 is 16.0 Å². The number of nitrogens with two attached hydrogens (primary N) is 1. The molecule has 0 aliphatic heterocycles. The first kappa shape index (κ1) is 17.3. The average molecular weight is 297 g/mol. The van der Waals surface area contributed by atoms with Gasteiger partial charge in [-0.25, -0.2) is 4.79 Å². The zero-order chi connectivity index (χ0) is 16.2. The summed E-state index contributed by atoms with van der Waals surface area (Å²) in [6, 6.07) is 0. The van der Waals surface area contributed by atoms with Crippen LogP contribution in [0.25, 0.3) is 0 Å². The quantitative estimate of drug-likeness (QED) is 0.687. The summed E-state index contributed by atoms with van der Waals surface area (Å²) in [4.78, 5) is 28.1. The standard InChI is InChI=1S/C14H27N5O2/c1-6-7-8-19-11(15)10(12(20)17-13(19)21)16-9-14(2,3)18(4)5/h16H,6-9,15H2,1-5H3,(H,17,20,21). The smallest absolute Gasteiger partial charge is 0.330 e. The average Bonchev–Trinajstić information content (AvgIpc) is 2.37. The van der Waals surface area contributed by atoms with E-state index in [-0.39, 0.29) is 17.0 Å². The number of H-pyrrole nitrogens is 1. The highest BCUT2D eigenvalue weighted by atomic mass is 16.2. The molecule has 21 heavy (non-hydrogen) atoms. The van der Waals surface area contributed by atoms with Crippen molar-refractivity contribution in [2.45, 2.75) is 45.7 Å². The molecule has 0 aliphatic rings. The predicted octanol–water partition coefficient (Wildman–Crippen LogP) is 0.671. The van der Waals surface area contributed by atoms with Gasteiger partial charge >= 0.3 is 5.69 Å². The first-order chi connectivity index (χ1) is 9.70. The number of likely N-dealkylation sites (N-methyl/N-ethyl adjacent to an activating group) is 1. The van der Waals surface area contributed by atoms with Gasteiger partial charge in [-0.15, -0.1) is 0 Å². The van der Waals surface area contributed by atoms with Crippen LogP contribution in [0.3, 0.4) is 0 Å². The number of unbranched alkanes of at least 4 members (excludes halogenated alkanes) is 1. The van der Waals surface area contributed by atoms with Crippen molar-refractivity contribution in [3.8, 4) is 0 Å². The van der Waals surface area contributed by atoms with Gasteiger partial charge in [0.05, 0.1) is 0 Å². The highest BCUT2D eigenvalue weighted by molar-refractivity contribution is 5.60. The molecule has 1 aromatic heterocycles. The Labute approximate surface area is 125 Å². The minimum atomic E-state index is -0.472. The van der Waals surface area contributed by atoms with Crippen molar-refractivity contribution in [1.82, 2.24) is 14.5 Å². The fourth-order valence-corrected chi connectivity index (χ4v) is 1.76. The molecule has 1 aromatic rings. The molecule has 0 saturated carbocycles. The number of nitrogens with zero attached hydrogens (tertiary/aromatic N) is 2. The SMILES string of the molecule is CCCCn1c(N)c(NCC(C)(C)N(C)C)c(=O)[nH]c1=O. The third-order valence-corrected chi connectivity index (χ3v) is 3.88. The molecule has 7 nitrogen and oxygen atoms in total. The van der Waals surface area contributed by atoms with Crippen LogP contribution in [0, 0.1) is 0 Å². The van der Waals surface area contributed by atoms with E-state index in [9.17, 15) is 9.59 Å². The third-order valence-electron chi connectivity index (χ3n) is 3.88. The van der Waals surface area contributed by atoms with Gasteiger partial charge in [0, 0.05) is 18.6 Å². The molecule has 0 atom stereocenters. The number of nitrogen functional groups attached to an aromatic ring is 1. The minimum absolute atomic E-state index is 0.150. The van der Waals surface area contributed by atoms with Crippen LogP contribution in [-0.4, -0.2) is 40.6 Å². The highest BCUT2D eigenvalue weighted by Crippen LogP contribution is 2.15. The molecule has 0 saturated heterocycles. The number of aromatic nitrogens is 2. The summed E-state index contributed by atoms with van der Waals surface area (Å²) in [7, 11) is 3.94. The van der Waals surface area contributed by atoms with Gasteiger partial charge in [-0.3, -0.25) is 14.3 Å². The van der Waals surface area contributed by atoms with E-state index >= 15 is 0 Å². The fraction of sp³-hybridized carbons (Fsp3) is 0.714. The summed E-state index contributed by atoms with van der Waals surface area (Å²) in [6.45, 7) is 7.18.